The minimum Gasteiger partial charge on any atom is -0.381 e. The number of hydrogen-bond acceptors (Lipinski definition) is 2. The smallest absolute Gasteiger partial charge is 0.0694 e. The van der Waals surface area contributed by atoms with Crippen LogP contribution in [0.1, 0.15) is 19.8 Å². The molecule has 0 bridgehead atoms. The van der Waals surface area contributed by atoms with E-state index in [1.165, 1.54) is 0 Å². The van der Waals surface area contributed by atoms with Crippen molar-refractivity contribution >= 4 is 0 Å². The molecule has 1 aliphatic rings. The Bertz CT molecular complexity index is 84.9. The highest BCUT2D eigenvalue weighted by atomic mass is 16.5. The Kier molecular flexibility index (Phi) is 2.09. The van der Waals surface area contributed by atoms with Gasteiger partial charge in [0.15, 0.2) is 0 Å². The van der Waals surface area contributed by atoms with E-state index in [9.17, 15) is 0 Å². The maximum atomic E-state index is 5.30. The lowest BCUT2D eigenvalue weighted by molar-refractivity contribution is -0.0773. The van der Waals surface area contributed by atoms with Gasteiger partial charge in [-0.05, 0) is 19.8 Å². The SMILES string of the molecule is COC1(C)CCOCC1. The molecule has 0 aromatic heterocycles. The second-order valence-corrected chi connectivity index (χ2v) is 2.77. The van der Waals surface area contributed by atoms with Crippen LogP contribution in [-0.4, -0.2) is 25.9 Å². The third-order valence-corrected chi connectivity index (χ3v) is 2.04. The fraction of sp³-hybridized carbons (Fsp3) is 1.00. The maximum absolute atomic E-state index is 5.30. The zero-order valence-corrected chi connectivity index (χ0v) is 6.14. The van der Waals surface area contributed by atoms with E-state index in [0.29, 0.717) is 0 Å². The Balaban J connectivity index is 2.37. The second kappa shape index (κ2) is 2.67. The van der Waals surface area contributed by atoms with Gasteiger partial charge in [-0.1, -0.05) is 0 Å². The van der Waals surface area contributed by atoms with Crippen LogP contribution in [0.2, 0.25) is 0 Å². The molecule has 1 fully saturated rings. The summed E-state index contributed by atoms with van der Waals surface area (Å²) in [4.78, 5) is 0. The standard InChI is InChI=1S/C7H14O2/c1-7(8-2)3-5-9-6-4-7/h3-6H2,1-2H3. The van der Waals surface area contributed by atoms with Gasteiger partial charge in [-0.2, -0.15) is 0 Å². The van der Waals surface area contributed by atoms with Gasteiger partial charge in [0.1, 0.15) is 0 Å². The summed E-state index contributed by atoms with van der Waals surface area (Å²) in [5, 5.41) is 0. The summed E-state index contributed by atoms with van der Waals surface area (Å²) in [6, 6.07) is 0. The molecule has 2 nitrogen and oxygen atoms in total. The van der Waals surface area contributed by atoms with Crippen LogP contribution in [0, 0.1) is 0 Å². The van der Waals surface area contributed by atoms with Crippen LogP contribution in [0.4, 0.5) is 0 Å². The van der Waals surface area contributed by atoms with Gasteiger partial charge in [0.2, 0.25) is 0 Å². The number of hydrogen-bond donors (Lipinski definition) is 0. The third-order valence-electron chi connectivity index (χ3n) is 2.04. The Morgan fingerprint density at radius 1 is 1.33 bits per heavy atom. The van der Waals surface area contributed by atoms with Gasteiger partial charge < -0.3 is 9.47 Å². The van der Waals surface area contributed by atoms with Gasteiger partial charge >= 0.3 is 0 Å². The van der Waals surface area contributed by atoms with Crippen LogP contribution in [0.25, 0.3) is 0 Å². The van der Waals surface area contributed by atoms with Crippen LogP contribution >= 0.6 is 0 Å². The average Bonchev–Trinajstić information content (AvgIpc) is 1.90. The molecular weight excluding hydrogens is 116 g/mol. The average molecular weight is 130 g/mol. The second-order valence-electron chi connectivity index (χ2n) is 2.77. The molecule has 0 unspecified atom stereocenters. The molecule has 1 saturated heterocycles. The summed E-state index contributed by atoms with van der Waals surface area (Å²) in [6.45, 7) is 3.84. The molecule has 0 aromatic carbocycles. The summed E-state index contributed by atoms with van der Waals surface area (Å²) >= 11 is 0. The predicted octanol–water partition coefficient (Wildman–Crippen LogP) is 1.20. The van der Waals surface area contributed by atoms with Crippen LogP contribution < -0.4 is 0 Å². The van der Waals surface area contributed by atoms with Gasteiger partial charge in [0.05, 0.1) is 5.60 Å². The van der Waals surface area contributed by atoms with Crippen molar-refractivity contribution < 1.29 is 9.47 Å². The third kappa shape index (κ3) is 1.66. The molecule has 54 valence electrons. The van der Waals surface area contributed by atoms with Gasteiger partial charge in [-0.25, -0.2) is 0 Å². The van der Waals surface area contributed by atoms with E-state index in [4.69, 9.17) is 9.47 Å². The lowest BCUT2D eigenvalue weighted by Gasteiger charge is -2.31. The van der Waals surface area contributed by atoms with Crippen molar-refractivity contribution in [3.63, 3.8) is 0 Å². The highest BCUT2D eigenvalue weighted by Gasteiger charge is 2.25. The largest absolute Gasteiger partial charge is 0.381 e. The van der Waals surface area contributed by atoms with E-state index in [1.54, 1.807) is 7.11 Å². The Labute approximate surface area is 56.2 Å². The summed E-state index contributed by atoms with van der Waals surface area (Å²) in [6.07, 6.45) is 2.06. The zero-order valence-electron chi connectivity index (χ0n) is 6.14. The number of methoxy groups -OCH3 is 1. The molecule has 0 saturated carbocycles. The van der Waals surface area contributed by atoms with Gasteiger partial charge in [-0.3, -0.25) is 0 Å². The fourth-order valence-electron chi connectivity index (χ4n) is 1.01. The topological polar surface area (TPSA) is 18.5 Å². The molecule has 0 atom stereocenters. The molecular formula is C7H14O2. The fourth-order valence-corrected chi connectivity index (χ4v) is 1.01. The predicted molar refractivity (Wildman–Crippen MR) is 35.5 cm³/mol. The molecule has 0 aromatic rings. The molecule has 1 heterocycles. The first-order valence-electron chi connectivity index (χ1n) is 3.40. The zero-order chi connectivity index (χ0) is 6.74. The van der Waals surface area contributed by atoms with Gasteiger partial charge in [0, 0.05) is 20.3 Å². The van der Waals surface area contributed by atoms with Crippen molar-refractivity contribution in [3.8, 4) is 0 Å². The first-order valence-corrected chi connectivity index (χ1v) is 3.40. The van der Waals surface area contributed by atoms with E-state index < -0.39 is 0 Å². The molecule has 9 heavy (non-hydrogen) atoms. The Hall–Kier alpha value is -0.0800. The van der Waals surface area contributed by atoms with E-state index in [-0.39, 0.29) is 5.60 Å². The van der Waals surface area contributed by atoms with Crippen LogP contribution in [0.3, 0.4) is 0 Å². The molecule has 1 rings (SSSR count). The van der Waals surface area contributed by atoms with Crippen molar-refractivity contribution in [3.05, 3.63) is 0 Å². The summed E-state index contributed by atoms with van der Waals surface area (Å²) in [5.74, 6) is 0. The lowest BCUT2D eigenvalue weighted by Crippen LogP contribution is -2.34. The molecule has 2 heteroatoms. The van der Waals surface area contributed by atoms with Crippen molar-refractivity contribution in [1.82, 2.24) is 0 Å². The molecule has 0 spiro atoms. The molecule has 0 amide bonds. The van der Waals surface area contributed by atoms with Crippen molar-refractivity contribution in [2.24, 2.45) is 0 Å². The first kappa shape index (κ1) is 7.03. The van der Waals surface area contributed by atoms with E-state index in [0.717, 1.165) is 26.1 Å². The molecule has 0 N–H and O–H groups in total. The van der Waals surface area contributed by atoms with Crippen molar-refractivity contribution in [1.29, 1.82) is 0 Å². The first-order chi connectivity index (χ1) is 4.27. The highest BCUT2D eigenvalue weighted by molar-refractivity contribution is 4.76. The van der Waals surface area contributed by atoms with E-state index >= 15 is 0 Å². The molecule has 0 aliphatic carbocycles. The summed E-state index contributed by atoms with van der Waals surface area (Å²) < 4.78 is 10.5. The van der Waals surface area contributed by atoms with Gasteiger partial charge in [0.25, 0.3) is 0 Å². The van der Waals surface area contributed by atoms with E-state index in [1.807, 2.05) is 0 Å². The molecule has 1 aliphatic heterocycles. The monoisotopic (exact) mass is 130 g/mol. The van der Waals surface area contributed by atoms with Gasteiger partial charge in [-0.15, -0.1) is 0 Å². The minimum atomic E-state index is 0.0955. The Morgan fingerprint density at radius 3 is 2.22 bits per heavy atom. The maximum Gasteiger partial charge on any atom is 0.0694 e. The number of rotatable bonds is 1. The quantitative estimate of drug-likeness (QED) is 0.531. The minimum absolute atomic E-state index is 0.0955. The van der Waals surface area contributed by atoms with Crippen molar-refractivity contribution in [2.45, 2.75) is 25.4 Å². The normalized spacial score (nSPS) is 26.0. The number of ether oxygens (including phenoxy) is 2. The Morgan fingerprint density at radius 2 is 1.89 bits per heavy atom. The summed E-state index contributed by atoms with van der Waals surface area (Å²) in [5.41, 5.74) is 0.0955. The van der Waals surface area contributed by atoms with Crippen molar-refractivity contribution in [2.75, 3.05) is 20.3 Å². The molecule has 0 radical (unpaired) electrons. The van der Waals surface area contributed by atoms with Crippen LogP contribution in [-0.2, 0) is 9.47 Å². The van der Waals surface area contributed by atoms with E-state index in [2.05, 4.69) is 6.92 Å². The van der Waals surface area contributed by atoms with Crippen LogP contribution in [0.15, 0.2) is 0 Å². The van der Waals surface area contributed by atoms with Crippen LogP contribution in [0.5, 0.6) is 0 Å². The lowest BCUT2D eigenvalue weighted by atomic mass is 9.97. The highest BCUT2D eigenvalue weighted by Crippen LogP contribution is 2.22. The summed E-state index contributed by atoms with van der Waals surface area (Å²) in [7, 11) is 1.77.